The number of rotatable bonds is 6. The molecule has 0 aliphatic heterocycles. The molecule has 0 heterocycles. The van der Waals surface area contributed by atoms with E-state index >= 15 is 0 Å². The minimum atomic E-state index is -0.520. The fourth-order valence-corrected chi connectivity index (χ4v) is 1.02. The van der Waals surface area contributed by atoms with Crippen molar-refractivity contribution in [3.05, 3.63) is 12.2 Å². The lowest BCUT2D eigenvalue weighted by atomic mass is 10.3. The number of carbonyl (C=O) groups is 1. The van der Waals surface area contributed by atoms with Crippen LogP contribution in [0.3, 0.4) is 0 Å². The van der Waals surface area contributed by atoms with E-state index in [2.05, 4.69) is 11.5 Å². The Morgan fingerprint density at radius 2 is 1.94 bits per heavy atom. The Kier molecular flexibility index (Phi) is 8.46. The number of quaternary nitrogens is 1. The number of nitrogens with zero attached hydrogens (tertiary/aromatic N) is 1. The number of carbonyl (C=O) groups excluding carboxylic acids is 1. The van der Waals surface area contributed by atoms with Crippen LogP contribution in [-0.4, -0.2) is 56.1 Å². The largest absolute Gasteiger partial charge is 1.00 e. The zero-order valence-electron chi connectivity index (χ0n) is 10.2. The zero-order chi connectivity index (χ0) is 12.1. The van der Waals surface area contributed by atoms with Crippen molar-refractivity contribution in [2.24, 2.45) is 0 Å². The van der Waals surface area contributed by atoms with Crippen LogP contribution >= 0.6 is 0 Å². The minimum Gasteiger partial charge on any atom is -1.00 e. The van der Waals surface area contributed by atoms with Crippen molar-refractivity contribution in [2.75, 3.05) is 34.3 Å². The second-order valence-corrected chi connectivity index (χ2v) is 4.58. The van der Waals surface area contributed by atoms with Crippen LogP contribution in [0.4, 0.5) is 0 Å². The molecule has 16 heavy (non-hydrogen) atoms. The first kappa shape index (κ1) is 17.8. The van der Waals surface area contributed by atoms with Gasteiger partial charge in [0.1, 0.15) is 13.2 Å². The molecule has 5 nitrogen and oxygen atoms in total. The van der Waals surface area contributed by atoms with Crippen LogP contribution in [0, 0.1) is 0 Å². The summed E-state index contributed by atoms with van der Waals surface area (Å²) in [6.45, 7) is 5.59. The van der Waals surface area contributed by atoms with E-state index in [4.69, 9.17) is 9.99 Å². The van der Waals surface area contributed by atoms with E-state index in [0.29, 0.717) is 16.6 Å². The number of halogens is 1. The minimum absolute atomic E-state index is 0. The second kappa shape index (κ2) is 7.62. The number of likely N-dealkylation sites (N-methyl/N-ethyl adjacent to an activating group) is 1. The summed E-state index contributed by atoms with van der Waals surface area (Å²) in [5, 5.41) is 8.62. The van der Waals surface area contributed by atoms with Crippen molar-refractivity contribution >= 4 is 5.97 Å². The van der Waals surface area contributed by atoms with Gasteiger partial charge < -0.3 is 21.6 Å². The van der Waals surface area contributed by atoms with E-state index < -0.39 is 12.1 Å². The van der Waals surface area contributed by atoms with Crippen molar-refractivity contribution in [1.82, 2.24) is 0 Å². The maximum Gasteiger partial charge on any atom is 0.333 e. The molecular weight excluding hydrogens is 234 g/mol. The Morgan fingerprint density at radius 1 is 1.44 bits per heavy atom. The first-order valence-electron chi connectivity index (χ1n) is 4.69. The predicted molar refractivity (Wildman–Crippen MR) is 56.2 cm³/mol. The van der Waals surface area contributed by atoms with Crippen molar-refractivity contribution in [1.29, 1.82) is 0 Å². The second-order valence-electron chi connectivity index (χ2n) is 4.58. The fourth-order valence-electron chi connectivity index (χ4n) is 1.02. The summed E-state index contributed by atoms with van der Waals surface area (Å²) in [6, 6.07) is 0. The van der Waals surface area contributed by atoms with Crippen LogP contribution in [0.25, 0.3) is 0 Å². The summed E-state index contributed by atoms with van der Waals surface area (Å²) < 4.78 is 5.48. The third-order valence-corrected chi connectivity index (χ3v) is 1.65. The Balaban J connectivity index is 0. The molecule has 0 radical (unpaired) electrons. The lowest BCUT2D eigenvalue weighted by Gasteiger charge is -2.27. The molecule has 0 aromatic heterocycles. The Labute approximate surface area is 103 Å². The molecule has 0 bridgehead atoms. The molecule has 96 valence electrons. The van der Waals surface area contributed by atoms with Crippen LogP contribution in [-0.2, 0) is 14.4 Å². The Morgan fingerprint density at radius 3 is 2.25 bits per heavy atom. The zero-order valence-corrected chi connectivity index (χ0v) is 11.0. The molecular formula is C10H20ClNO4. The molecule has 0 aliphatic carbocycles. The average molecular weight is 254 g/mol. The summed E-state index contributed by atoms with van der Waals surface area (Å²) in [5.74, 6) is -0.474. The highest BCUT2D eigenvalue weighted by atomic mass is 35.5. The molecule has 0 saturated carbocycles. The molecule has 0 saturated heterocycles. The Hall–Kier alpha value is -0.620. The summed E-state index contributed by atoms with van der Waals surface area (Å²) in [5.41, 5.74) is 0.330. The molecule has 0 aromatic carbocycles. The summed E-state index contributed by atoms with van der Waals surface area (Å²) in [7, 11) is 5.85. The number of hydrogen-bond acceptors (Lipinski definition) is 4. The molecule has 0 amide bonds. The molecule has 1 atom stereocenters. The van der Waals surface area contributed by atoms with Crippen LogP contribution in [0.1, 0.15) is 6.92 Å². The molecule has 0 rings (SSSR count). The van der Waals surface area contributed by atoms with Crippen LogP contribution in [0.2, 0.25) is 0 Å². The van der Waals surface area contributed by atoms with Crippen LogP contribution < -0.4 is 12.4 Å². The third kappa shape index (κ3) is 8.67. The average Bonchev–Trinajstić information content (AvgIpc) is 2.09. The monoisotopic (exact) mass is 253 g/mol. The summed E-state index contributed by atoms with van der Waals surface area (Å²) in [4.78, 5) is 15.3. The van der Waals surface area contributed by atoms with Gasteiger partial charge in [-0.25, -0.2) is 9.68 Å². The summed E-state index contributed by atoms with van der Waals surface area (Å²) in [6.07, 6.45) is -0.520. The van der Waals surface area contributed by atoms with Gasteiger partial charge in [-0.3, -0.25) is 5.26 Å². The quantitative estimate of drug-likeness (QED) is 0.190. The predicted octanol–water partition coefficient (Wildman–Crippen LogP) is -2.33. The maximum absolute atomic E-state index is 11.1. The first-order chi connectivity index (χ1) is 6.76. The molecule has 0 aromatic rings. The van der Waals surface area contributed by atoms with Gasteiger partial charge in [-0.2, -0.15) is 0 Å². The van der Waals surface area contributed by atoms with Gasteiger partial charge in [-0.15, -0.1) is 0 Å². The van der Waals surface area contributed by atoms with Gasteiger partial charge in [0.15, 0.2) is 6.10 Å². The molecule has 1 unspecified atom stereocenters. The van der Waals surface area contributed by atoms with Gasteiger partial charge in [-0.05, 0) is 6.92 Å². The topological polar surface area (TPSA) is 55.8 Å². The lowest BCUT2D eigenvalue weighted by Crippen LogP contribution is -3.00. The van der Waals surface area contributed by atoms with Gasteiger partial charge in [-0.1, -0.05) is 6.58 Å². The molecule has 1 N–H and O–H groups in total. The van der Waals surface area contributed by atoms with Gasteiger partial charge in [0.05, 0.1) is 21.1 Å². The van der Waals surface area contributed by atoms with E-state index in [9.17, 15) is 4.79 Å². The molecule has 0 aliphatic rings. The van der Waals surface area contributed by atoms with Gasteiger partial charge >= 0.3 is 5.97 Å². The van der Waals surface area contributed by atoms with Crippen molar-refractivity contribution in [3.63, 3.8) is 0 Å². The lowest BCUT2D eigenvalue weighted by molar-refractivity contribution is -0.875. The highest BCUT2D eigenvalue weighted by molar-refractivity contribution is 5.86. The molecule has 6 heteroatoms. The SMILES string of the molecule is C=C(C)C(=O)OCC(C[N+](C)(C)C)OO.[Cl-]. The van der Waals surface area contributed by atoms with Crippen molar-refractivity contribution < 1.29 is 36.6 Å². The van der Waals surface area contributed by atoms with Gasteiger partial charge in [0, 0.05) is 5.57 Å². The van der Waals surface area contributed by atoms with Gasteiger partial charge in [0.25, 0.3) is 0 Å². The Bertz CT molecular complexity index is 237. The van der Waals surface area contributed by atoms with Crippen LogP contribution in [0.15, 0.2) is 12.2 Å². The fraction of sp³-hybridized carbons (Fsp3) is 0.700. The summed E-state index contributed by atoms with van der Waals surface area (Å²) >= 11 is 0. The number of ether oxygens (including phenoxy) is 1. The standard InChI is InChI=1S/C10H19NO4.ClH/c1-8(2)10(12)14-7-9(15-13)6-11(3,4)5;/h9H,1,6-7H2,2-5H3;1H. The van der Waals surface area contributed by atoms with E-state index in [1.54, 1.807) is 6.92 Å². The highest BCUT2D eigenvalue weighted by Crippen LogP contribution is 2.01. The molecule has 0 fully saturated rings. The smallest absolute Gasteiger partial charge is 0.333 e. The first-order valence-corrected chi connectivity index (χ1v) is 4.69. The molecule has 0 spiro atoms. The van der Waals surface area contributed by atoms with E-state index in [-0.39, 0.29) is 19.0 Å². The van der Waals surface area contributed by atoms with Crippen molar-refractivity contribution in [3.8, 4) is 0 Å². The van der Waals surface area contributed by atoms with Crippen LogP contribution in [0.5, 0.6) is 0 Å². The van der Waals surface area contributed by atoms with E-state index in [1.807, 2.05) is 21.1 Å². The third-order valence-electron chi connectivity index (χ3n) is 1.65. The normalized spacial score (nSPS) is 12.6. The van der Waals surface area contributed by atoms with Gasteiger partial charge in [0.2, 0.25) is 0 Å². The van der Waals surface area contributed by atoms with E-state index in [0.717, 1.165) is 0 Å². The maximum atomic E-state index is 11.1. The van der Waals surface area contributed by atoms with E-state index in [1.165, 1.54) is 0 Å². The number of hydrogen-bond donors (Lipinski definition) is 1. The highest BCUT2D eigenvalue weighted by Gasteiger charge is 2.20. The number of esters is 1. The van der Waals surface area contributed by atoms with Crippen molar-refractivity contribution in [2.45, 2.75) is 13.0 Å².